The van der Waals surface area contributed by atoms with Gasteiger partial charge in [0, 0.05) is 6.54 Å². The Bertz CT molecular complexity index is 121. The van der Waals surface area contributed by atoms with E-state index in [-0.39, 0.29) is 18.8 Å². The number of carboxylic acid groups (broad SMARTS) is 1. The number of nitrogens with one attached hydrogen (secondary N) is 1. The van der Waals surface area contributed by atoms with Gasteiger partial charge in [-0.05, 0) is 0 Å². The summed E-state index contributed by atoms with van der Waals surface area (Å²) in [5, 5.41) is 10.5. The Kier molecular flexibility index (Phi) is 5.09. The lowest BCUT2D eigenvalue weighted by atomic mass is 10.6. The Morgan fingerprint density at radius 1 is 1.60 bits per heavy atom. The molecule has 0 spiro atoms. The van der Waals surface area contributed by atoms with Gasteiger partial charge in [0.1, 0.15) is 0 Å². The third-order valence-electron chi connectivity index (χ3n) is 0.730. The normalized spacial score (nSPS) is 12.9. The van der Waals surface area contributed by atoms with Crippen LogP contribution in [0.3, 0.4) is 0 Å². The first-order valence-electron chi connectivity index (χ1n) is 2.63. The lowest BCUT2D eigenvalue weighted by Gasteiger charge is -1.96. The van der Waals surface area contributed by atoms with Gasteiger partial charge < -0.3 is 15.0 Å². The van der Waals surface area contributed by atoms with E-state index < -0.39 is 17.0 Å². The minimum absolute atomic E-state index is 0.0628. The van der Waals surface area contributed by atoms with Gasteiger partial charge in [0.15, 0.2) is 11.1 Å². The second-order valence-electron chi connectivity index (χ2n) is 1.60. The molecule has 0 aliphatic heterocycles. The molecule has 0 aromatic heterocycles. The number of carboxylic acids is 1. The van der Waals surface area contributed by atoms with Gasteiger partial charge in [0.05, 0.1) is 12.3 Å². The summed E-state index contributed by atoms with van der Waals surface area (Å²) in [6.45, 7) is 0.0760. The molecular formula is C4H9NO4S. The minimum Gasteiger partial charge on any atom is -0.480 e. The molecule has 0 saturated heterocycles. The Morgan fingerprint density at radius 2 is 2.20 bits per heavy atom. The van der Waals surface area contributed by atoms with Gasteiger partial charge in [-0.15, -0.1) is 0 Å². The highest BCUT2D eigenvalue weighted by molar-refractivity contribution is 7.79. The van der Waals surface area contributed by atoms with Gasteiger partial charge >= 0.3 is 5.97 Å². The fourth-order valence-electron chi connectivity index (χ4n) is 0.355. The number of carbonyl (C=O) groups is 1. The molecule has 3 N–H and O–H groups in total. The summed E-state index contributed by atoms with van der Waals surface area (Å²) >= 11 is -1.84. The van der Waals surface area contributed by atoms with Crippen LogP contribution in [0.25, 0.3) is 0 Å². The number of hydrogen-bond donors (Lipinski definition) is 3. The molecule has 0 bridgehead atoms. The van der Waals surface area contributed by atoms with Crippen molar-refractivity contribution in [2.45, 2.75) is 0 Å². The van der Waals surface area contributed by atoms with Gasteiger partial charge in [-0.25, -0.2) is 4.21 Å². The van der Waals surface area contributed by atoms with E-state index in [1.165, 1.54) is 0 Å². The minimum atomic E-state index is -1.84. The molecule has 0 amide bonds. The van der Waals surface area contributed by atoms with Gasteiger partial charge in [-0.3, -0.25) is 4.79 Å². The Balaban J connectivity index is 3.06. The number of hydrogen-bond acceptors (Lipinski definition) is 3. The topological polar surface area (TPSA) is 86.6 Å². The van der Waals surface area contributed by atoms with E-state index in [0.29, 0.717) is 0 Å². The van der Waals surface area contributed by atoms with Gasteiger partial charge in [-0.2, -0.15) is 0 Å². The molecule has 0 radical (unpaired) electrons. The van der Waals surface area contributed by atoms with Crippen molar-refractivity contribution in [1.29, 1.82) is 0 Å². The smallest absolute Gasteiger partial charge is 0.317 e. The SMILES string of the molecule is O=C(O)CNCCS(=O)O. The molecule has 0 aliphatic rings. The molecule has 60 valence electrons. The number of rotatable bonds is 5. The molecule has 5 nitrogen and oxygen atoms in total. The monoisotopic (exact) mass is 167 g/mol. The van der Waals surface area contributed by atoms with Crippen LogP contribution in [0.2, 0.25) is 0 Å². The van der Waals surface area contributed by atoms with E-state index in [1.54, 1.807) is 0 Å². The second-order valence-corrected chi connectivity index (χ2v) is 2.65. The molecule has 6 heteroatoms. The van der Waals surface area contributed by atoms with E-state index in [4.69, 9.17) is 9.66 Å². The summed E-state index contributed by atoms with van der Waals surface area (Å²) in [5.41, 5.74) is 0. The standard InChI is InChI=1S/C4H9NO4S/c6-4(7)3-5-1-2-10(8)9/h5H,1-3H2,(H,6,7)(H,8,9). The average Bonchev–Trinajstić information content (AvgIpc) is 1.79. The zero-order valence-electron chi connectivity index (χ0n) is 5.24. The summed E-state index contributed by atoms with van der Waals surface area (Å²) in [5.74, 6) is -0.906. The molecular weight excluding hydrogens is 158 g/mol. The van der Waals surface area contributed by atoms with Crippen LogP contribution in [-0.2, 0) is 15.9 Å². The lowest BCUT2D eigenvalue weighted by molar-refractivity contribution is -0.135. The van der Waals surface area contributed by atoms with Crippen molar-refractivity contribution in [2.75, 3.05) is 18.8 Å². The van der Waals surface area contributed by atoms with Crippen molar-refractivity contribution >= 4 is 17.0 Å². The summed E-state index contributed by atoms with van der Waals surface area (Å²) in [7, 11) is 0. The van der Waals surface area contributed by atoms with E-state index in [0.717, 1.165) is 0 Å². The zero-order chi connectivity index (χ0) is 7.98. The lowest BCUT2D eigenvalue weighted by Crippen LogP contribution is -2.26. The third kappa shape index (κ3) is 7.54. The van der Waals surface area contributed by atoms with E-state index in [2.05, 4.69) is 5.32 Å². The third-order valence-corrected chi connectivity index (χ3v) is 1.28. The maximum Gasteiger partial charge on any atom is 0.317 e. The summed E-state index contributed by atoms with van der Waals surface area (Å²) < 4.78 is 18.2. The Morgan fingerprint density at radius 3 is 2.60 bits per heavy atom. The van der Waals surface area contributed by atoms with E-state index in [1.807, 2.05) is 0 Å². The van der Waals surface area contributed by atoms with Crippen molar-refractivity contribution in [3.05, 3.63) is 0 Å². The predicted molar refractivity (Wildman–Crippen MR) is 36.1 cm³/mol. The molecule has 0 aromatic rings. The molecule has 10 heavy (non-hydrogen) atoms. The van der Waals surface area contributed by atoms with Gasteiger partial charge in [0.2, 0.25) is 0 Å². The molecule has 0 saturated carbocycles. The van der Waals surface area contributed by atoms with Crippen molar-refractivity contribution in [2.24, 2.45) is 0 Å². The van der Waals surface area contributed by atoms with Crippen LogP contribution in [0.1, 0.15) is 0 Å². The van der Waals surface area contributed by atoms with E-state index >= 15 is 0 Å². The van der Waals surface area contributed by atoms with Crippen molar-refractivity contribution in [1.82, 2.24) is 5.32 Å². The summed E-state index contributed by atoms with van der Waals surface area (Å²) in [4.78, 5) is 9.84. The van der Waals surface area contributed by atoms with Crippen LogP contribution in [0.5, 0.6) is 0 Å². The fourth-order valence-corrected chi connectivity index (χ4v) is 0.674. The highest BCUT2D eigenvalue weighted by Crippen LogP contribution is 1.70. The maximum absolute atomic E-state index is 9.97. The Labute approximate surface area is 60.7 Å². The van der Waals surface area contributed by atoms with Crippen LogP contribution < -0.4 is 5.32 Å². The predicted octanol–water partition coefficient (Wildman–Crippen LogP) is -1.12. The summed E-state index contributed by atoms with van der Waals surface area (Å²) in [6, 6.07) is 0. The number of aliphatic carboxylic acids is 1. The molecule has 1 atom stereocenters. The molecule has 0 fully saturated rings. The fraction of sp³-hybridized carbons (Fsp3) is 0.750. The first-order valence-corrected chi connectivity index (χ1v) is 3.90. The Hall–Kier alpha value is -0.460. The first-order chi connectivity index (χ1) is 4.63. The zero-order valence-corrected chi connectivity index (χ0v) is 6.06. The van der Waals surface area contributed by atoms with Crippen LogP contribution in [0.4, 0.5) is 0 Å². The van der Waals surface area contributed by atoms with Gasteiger partial charge in [-0.1, -0.05) is 0 Å². The molecule has 0 rings (SSSR count). The highest BCUT2D eigenvalue weighted by atomic mass is 32.2. The van der Waals surface area contributed by atoms with Crippen molar-refractivity contribution in [3.63, 3.8) is 0 Å². The van der Waals surface area contributed by atoms with Gasteiger partial charge in [0.25, 0.3) is 0 Å². The van der Waals surface area contributed by atoms with Crippen molar-refractivity contribution in [3.8, 4) is 0 Å². The molecule has 1 unspecified atom stereocenters. The van der Waals surface area contributed by atoms with Crippen LogP contribution in [0.15, 0.2) is 0 Å². The maximum atomic E-state index is 9.97. The van der Waals surface area contributed by atoms with Crippen molar-refractivity contribution < 1.29 is 18.7 Å². The quantitative estimate of drug-likeness (QED) is 0.357. The summed E-state index contributed by atoms with van der Waals surface area (Å²) in [6.07, 6.45) is 0. The second kappa shape index (κ2) is 5.33. The molecule has 0 aliphatic carbocycles. The van der Waals surface area contributed by atoms with Crippen LogP contribution in [-0.4, -0.2) is 38.7 Å². The van der Waals surface area contributed by atoms with Crippen LogP contribution >= 0.6 is 0 Å². The van der Waals surface area contributed by atoms with Crippen LogP contribution in [0, 0.1) is 0 Å². The molecule has 0 heterocycles. The highest BCUT2D eigenvalue weighted by Gasteiger charge is 1.95. The largest absolute Gasteiger partial charge is 0.480 e. The first kappa shape index (κ1) is 9.54. The molecule has 0 aromatic carbocycles. The average molecular weight is 167 g/mol. The van der Waals surface area contributed by atoms with E-state index in [9.17, 15) is 9.00 Å².